The van der Waals surface area contributed by atoms with Crippen LogP contribution in [0.5, 0.6) is 0 Å². The van der Waals surface area contributed by atoms with E-state index in [2.05, 4.69) is 21.7 Å². The molecule has 6 nitrogen and oxygen atoms in total. The Bertz CT molecular complexity index is 621. The van der Waals surface area contributed by atoms with Gasteiger partial charge in [0.25, 0.3) is 0 Å². The van der Waals surface area contributed by atoms with E-state index < -0.39 is 0 Å². The molecule has 2 aliphatic rings. The molecule has 2 heterocycles. The Labute approximate surface area is 153 Å². The summed E-state index contributed by atoms with van der Waals surface area (Å²) in [5.74, 6) is 0.905. The topological polar surface area (TPSA) is 81.0 Å². The highest BCUT2D eigenvalue weighted by molar-refractivity contribution is 6.30. The Balaban J connectivity index is 1.38. The molecule has 2 N–H and O–H groups in total. The van der Waals surface area contributed by atoms with Crippen LogP contribution in [0.2, 0.25) is 5.02 Å². The summed E-state index contributed by atoms with van der Waals surface area (Å²) in [6.07, 6.45) is 7.52. The largest absolute Gasteiger partial charge is 0.367 e. The highest BCUT2D eigenvalue weighted by Crippen LogP contribution is 2.22. The second kappa shape index (κ2) is 8.50. The molecule has 0 aromatic carbocycles. The molecule has 1 saturated carbocycles. The van der Waals surface area contributed by atoms with E-state index >= 15 is 0 Å². The van der Waals surface area contributed by atoms with Gasteiger partial charge >= 0.3 is 0 Å². The normalized spacial score (nSPS) is 26.2. The summed E-state index contributed by atoms with van der Waals surface area (Å²) in [4.78, 5) is 18.3. The summed E-state index contributed by atoms with van der Waals surface area (Å²) in [5.41, 5.74) is 0. The fraction of sp³-hybridized carbons (Fsp3) is 0.611. The number of amides is 1. The van der Waals surface area contributed by atoms with Gasteiger partial charge < -0.3 is 15.5 Å². The predicted molar refractivity (Wildman–Crippen MR) is 97.3 cm³/mol. The van der Waals surface area contributed by atoms with E-state index in [0.29, 0.717) is 30.2 Å². The maximum absolute atomic E-state index is 12.3. The first kappa shape index (κ1) is 18.0. The fourth-order valence-corrected chi connectivity index (χ4v) is 3.76. The molecule has 1 atom stereocenters. The van der Waals surface area contributed by atoms with E-state index in [9.17, 15) is 4.79 Å². The van der Waals surface area contributed by atoms with Crippen LogP contribution in [0.1, 0.15) is 38.5 Å². The van der Waals surface area contributed by atoms with Crippen molar-refractivity contribution in [2.75, 3.05) is 18.4 Å². The number of rotatable bonds is 5. The summed E-state index contributed by atoms with van der Waals surface area (Å²) in [6, 6.07) is 6.49. The predicted octanol–water partition coefficient (Wildman–Crippen LogP) is 2.56. The maximum atomic E-state index is 12.3. The van der Waals surface area contributed by atoms with Gasteiger partial charge in [-0.3, -0.25) is 4.79 Å². The molecular formula is C18H24ClN5O. The van der Waals surface area contributed by atoms with Gasteiger partial charge in [0.2, 0.25) is 5.91 Å². The Morgan fingerprint density at radius 2 is 2.04 bits per heavy atom. The van der Waals surface area contributed by atoms with Crippen molar-refractivity contribution in [2.45, 2.75) is 56.7 Å². The molecule has 2 fully saturated rings. The van der Waals surface area contributed by atoms with Crippen LogP contribution in [0.4, 0.5) is 5.82 Å². The van der Waals surface area contributed by atoms with Crippen molar-refractivity contribution in [2.24, 2.45) is 0 Å². The third kappa shape index (κ3) is 4.83. The molecule has 0 unspecified atom stereocenters. The molecule has 1 aromatic heterocycles. The van der Waals surface area contributed by atoms with Gasteiger partial charge in [0.05, 0.1) is 17.6 Å². The van der Waals surface area contributed by atoms with Crippen molar-refractivity contribution in [3.05, 3.63) is 23.4 Å². The Morgan fingerprint density at radius 1 is 1.28 bits per heavy atom. The number of pyridine rings is 1. The van der Waals surface area contributed by atoms with Gasteiger partial charge in [-0.1, -0.05) is 11.6 Å². The number of carbonyl (C=O) groups is 1. The summed E-state index contributed by atoms with van der Waals surface area (Å²) in [5, 5.41) is 16.5. The molecule has 0 bridgehead atoms. The van der Waals surface area contributed by atoms with Gasteiger partial charge in [0, 0.05) is 24.8 Å². The molecule has 0 radical (unpaired) electrons. The van der Waals surface area contributed by atoms with Gasteiger partial charge in [0.1, 0.15) is 11.9 Å². The number of anilines is 1. The van der Waals surface area contributed by atoms with Gasteiger partial charge in [-0.05, 0) is 50.7 Å². The quantitative estimate of drug-likeness (QED) is 0.842. The van der Waals surface area contributed by atoms with E-state index in [1.165, 1.54) is 0 Å². The number of aromatic nitrogens is 1. The zero-order chi connectivity index (χ0) is 17.6. The lowest BCUT2D eigenvalue weighted by Gasteiger charge is -2.30. The Kier molecular flexibility index (Phi) is 6.11. The van der Waals surface area contributed by atoms with E-state index in [1.807, 2.05) is 12.1 Å². The smallest absolute Gasteiger partial charge is 0.237 e. The average Bonchev–Trinajstić information content (AvgIpc) is 3.12. The Hall–Kier alpha value is -1.84. The molecule has 1 aliphatic carbocycles. The van der Waals surface area contributed by atoms with Crippen molar-refractivity contribution in [3.8, 4) is 6.07 Å². The molecule has 0 spiro atoms. The van der Waals surface area contributed by atoms with Crippen molar-refractivity contribution >= 4 is 23.3 Å². The van der Waals surface area contributed by atoms with Gasteiger partial charge in [0.15, 0.2) is 0 Å². The van der Waals surface area contributed by atoms with Crippen LogP contribution in [-0.2, 0) is 4.79 Å². The second-order valence-corrected chi connectivity index (χ2v) is 7.25. The molecule has 1 amide bonds. The fourth-order valence-electron chi connectivity index (χ4n) is 3.64. The number of nitrogens with one attached hydrogen (secondary N) is 2. The lowest BCUT2D eigenvalue weighted by atomic mass is 9.91. The minimum Gasteiger partial charge on any atom is -0.367 e. The first-order chi connectivity index (χ1) is 12.2. The first-order valence-electron chi connectivity index (χ1n) is 8.96. The van der Waals surface area contributed by atoms with E-state index in [4.69, 9.17) is 16.9 Å². The highest BCUT2D eigenvalue weighted by atomic mass is 35.5. The van der Waals surface area contributed by atoms with Crippen LogP contribution in [-0.4, -0.2) is 47.0 Å². The van der Waals surface area contributed by atoms with Gasteiger partial charge in [-0.25, -0.2) is 4.98 Å². The highest BCUT2D eigenvalue weighted by Gasteiger charge is 2.29. The molecule has 25 heavy (non-hydrogen) atoms. The van der Waals surface area contributed by atoms with E-state index in [0.717, 1.165) is 44.3 Å². The molecule has 1 aromatic rings. The third-order valence-corrected chi connectivity index (χ3v) is 5.29. The Morgan fingerprint density at radius 3 is 2.72 bits per heavy atom. The van der Waals surface area contributed by atoms with Crippen LogP contribution in [0, 0.1) is 11.3 Å². The molecule has 3 rings (SSSR count). The van der Waals surface area contributed by atoms with Crippen molar-refractivity contribution in [1.29, 1.82) is 5.26 Å². The molecule has 134 valence electrons. The summed E-state index contributed by atoms with van der Waals surface area (Å²) in [7, 11) is 0. The zero-order valence-electron chi connectivity index (χ0n) is 14.2. The minimum atomic E-state index is -0.235. The first-order valence-corrected chi connectivity index (χ1v) is 9.34. The summed E-state index contributed by atoms with van der Waals surface area (Å²) in [6.45, 7) is 1.04. The SMILES string of the molecule is N#C[C@@H]1CCCN1C(=O)CNC1CCC(Nc2ccc(Cl)cn2)CC1. The number of hydrogen-bond acceptors (Lipinski definition) is 5. The van der Waals surface area contributed by atoms with E-state index in [-0.39, 0.29) is 11.9 Å². The molecule has 1 aliphatic heterocycles. The maximum Gasteiger partial charge on any atom is 0.237 e. The number of nitriles is 1. The van der Waals surface area contributed by atoms with Crippen LogP contribution >= 0.6 is 11.6 Å². The lowest BCUT2D eigenvalue weighted by molar-refractivity contribution is -0.130. The molecule has 1 saturated heterocycles. The van der Waals surface area contributed by atoms with E-state index in [1.54, 1.807) is 11.1 Å². The number of halogens is 1. The van der Waals surface area contributed by atoms with Crippen molar-refractivity contribution < 1.29 is 4.79 Å². The zero-order valence-corrected chi connectivity index (χ0v) is 15.0. The van der Waals surface area contributed by atoms with Crippen LogP contribution in [0.25, 0.3) is 0 Å². The van der Waals surface area contributed by atoms with Crippen molar-refractivity contribution in [1.82, 2.24) is 15.2 Å². The second-order valence-electron chi connectivity index (χ2n) is 6.81. The van der Waals surface area contributed by atoms with Crippen molar-refractivity contribution in [3.63, 3.8) is 0 Å². The average molecular weight is 362 g/mol. The molecular weight excluding hydrogens is 338 g/mol. The monoisotopic (exact) mass is 361 g/mol. The van der Waals surface area contributed by atoms with Gasteiger partial charge in [-0.2, -0.15) is 5.26 Å². The van der Waals surface area contributed by atoms with Crippen LogP contribution in [0.15, 0.2) is 18.3 Å². The number of carbonyl (C=O) groups excluding carboxylic acids is 1. The summed E-state index contributed by atoms with van der Waals surface area (Å²) >= 11 is 5.85. The number of hydrogen-bond donors (Lipinski definition) is 2. The number of nitrogens with zero attached hydrogens (tertiary/aromatic N) is 3. The third-order valence-electron chi connectivity index (χ3n) is 5.07. The lowest BCUT2D eigenvalue weighted by Crippen LogP contribution is -2.45. The molecule has 7 heteroatoms. The van der Waals surface area contributed by atoms with Crippen LogP contribution < -0.4 is 10.6 Å². The van der Waals surface area contributed by atoms with Gasteiger partial charge in [-0.15, -0.1) is 0 Å². The van der Waals surface area contributed by atoms with Crippen LogP contribution in [0.3, 0.4) is 0 Å². The number of likely N-dealkylation sites (tertiary alicyclic amines) is 1. The standard InChI is InChI=1S/C18H24ClN5O/c19-13-3-8-17(22-11-13)23-15-6-4-14(5-7-15)21-12-18(25)24-9-1-2-16(24)10-20/h3,8,11,14-16,21H,1-2,4-7,9,12H2,(H,22,23)/t14?,15?,16-/m0/s1. The summed E-state index contributed by atoms with van der Waals surface area (Å²) < 4.78 is 0. The minimum absolute atomic E-state index is 0.0506.